The Morgan fingerprint density at radius 3 is 2.63 bits per heavy atom. The lowest BCUT2D eigenvalue weighted by molar-refractivity contribution is -0.138. The average Bonchev–Trinajstić information content (AvgIpc) is 2.37. The number of hydrogen-bond acceptors (Lipinski definition) is 4. The van der Waals surface area contributed by atoms with Crippen LogP contribution in [0.2, 0.25) is 0 Å². The predicted molar refractivity (Wildman–Crippen MR) is 69.6 cm³/mol. The van der Waals surface area contributed by atoms with Crippen LogP contribution in [0.4, 0.5) is 0 Å². The van der Waals surface area contributed by atoms with Gasteiger partial charge < -0.3 is 4.74 Å². The summed E-state index contributed by atoms with van der Waals surface area (Å²) in [5, 5.41) is 2.41. The molecule has 102 valence electrons. The summed E-state index contributed by atoms with van der Waals surface area (Å²) in [5.74, 6) is -0.0287. The summed E-state index contributed by atoms with van der Waals surface area (Å²) in [6.07, 6.45) is 2.01. The van der Waals surface area contributed by atoms with Gasteiger partial charge in [-0.15, -0.1) is 0 Å². The molecule has 1 aromatic rings. The summed E-state index contributed by atoms with van der Waals surface area (Å²) in [6, 6.07) is 3.63. The molecule has 1 fully saturated rings. The highest BCUT2D eigenvalue weighted by Gasteiger charge is 2.38. The first-order valence-corrected chi connectivity index (χ1v) is 6.36. The first-order chi connectivity index (χ1) is 9.02. The number of ether oxygens (including phenoxy) is 1. The molecule has 1 saturated heterocycles. The van der Waals surface area contributed by atoms with Crippen LogP contribution < -0.4 is 10.1 Å². The van der Waals surface area contributed by atoms with Gasteiger partial charge in [0.15, 0.2) is 0 Å². The first kappa shape index (κ1) is 13.5. The van der Waals surface area contributed by atoms with Crippen molar-refractivity contribution < 1.29 is 14.3 Å². The third-order valence-electron chi connectivity index (χ3n) is 3.52. The Hall–Kier alpha value is -1.91. The van der Waals surface area contributed by atoms with Crippen molar-refractivity contribution in [3.8, 4) is 5.88 Å². The molecule has 1 aliphatic heterocycles. The molecule has 0 aromatic carbocycles. The van der Waals surface area contributed by atoms with Crippen molar-refractivity contribution in [3.63, 3.8) is 0 Å². The fourth-order valence-electron chi connectivity index (χ4n) is 2.61. The van der Waals surface area contributed by atoms with Crippen LogP contribution in [0.15, 0.2) is 18.3 Å². The van der Waals surface area contributed by atoms with E-state index in [-0.39, 0.29) is 29.6 Å². The maximum absolute atomic E-state index is 12.0. The number of pyridine rings is 1. The van der Waals surface area contributed by atoms with E-state index in [2.05, 4.69) is 10.3 Å². The monoisotopic (exact) mass is 262 g/mol. The summed E-state index contributed by atoms with van der Waals surface area (Å²) in [7, 11) is 1.55. The zero-order valence-electron chi connectivity index (χ0n) is 11.3. The van der Waals surface area contributed by atoms with Gasteiger partial charge in [-0.25, -0.2) is 4.98 Å². The smallest absolute Gasteiger partial charge is 0.230 e. The molecule has 0 spiro atoms. The van der Waals surface area contributed by atoms with Crippen molar-refractivity contribution >= 4 is 11.8 Å². The van der Waals surface area contributed by atoms with Gasteiger partial charge in [-0.2, -0.15) is 0 Å². The minimum Gasteiger partial charge on any atom is -0.481 e. The number of carbonyl (C=O) groups is 2. The number of amides is 2. The average molecular weight is 262 g/mol. The summed E-state index contributed by atoms with van der Waals surface area (Å²) < 4.78 is 5.02. The lowest BCUT2D eigenvalue weighted by Crippen LogP contribution is -2.46. The van der Waals surface area contributed by atoms with E-state index < -0.39 is 0 Å². The first-order valence-electron chi connectivity index (χ1n) is 6.36. The van der Waals surface area contributed by atoms with Crippen LogP contribution in [-0.2, 0) is 9.59 Å². The normalized spacial score (nSPS) is 23.4. The molecule has 2 heterocycles. The number of hydrogen-bond donors (Lipinski definition) is 1. The zero-order chi connectivity index (χ0) is 14.0. The van der Waals surface area contributed by atoms with Crippen LogP contribution in [0.5, 0.6) is 5.88 Å². The summed E-state index contributed by atoms with van der Waals surface area (Å²) in [5.41, 5.74) is 0.905. The lowest BCUT2D eigenvalue weighted by atomic mass is 9.75. The number of carbonyl (C=O) groups excluding carboxylic acids is 2. The fourth-order valence-corrected chi connectivity index (χ4v) is 2.61. The predicted octanol–water partition coefficient (Wildman–Crippen LogP) is 1.49. The molecule has 5 nitrogen and oxygen atoms in total. The Kier molecular flexibility index (Phi) is 3.83. The van der Waals surface area contributed by atoms with Crippen molar-refractivity contribution in [2.45, 2.75) is 26.2 Å². The molecule has 1 N–H and O–H groups in total. The Morgan fingerprint density at radius 2 is 2.11 bits per heavy atom. The Labute approximate surface area is 112 Å². The van der Waals surface area contributed by atoms with Crippen molar-refractivity contribution in [2.24, 2.45) is 11.8 Å². The van der Waals surface area contributed by atoms with Gasteiger partial charge in [0, 0.05) is 30.5 Å². The van der Waals surface area contributed by atoms with Gasteiger partial charge in [-0.1, -0.05) is 19.9 Å². The minimum absolute atomic E-state index is 0.111. The molecule has 2 amide bonds. The number of piperidine rings is 1. The highest BCUT2D eigenvalue weighted by molar-refractivity contribution is 6.00. The van der Waals surface area contributed by atoms with E-state index in [1.165, 1.54) is 0 Å². The molecule has 0 saturated carbocycles. The second-order valence-electron chi connectivity index (χ2n) is 5.13. The Balaban J connectivity index is 2.32. The van der Waals surface area contributed by atoms with E-state index in [0.29, 0.717) is 12.3 Å². The number of aromatic nitrogens is 1. The van der Waals surface area contributed by atoms with Gasteiger partial charge >= 0.3 is 0 Å². The molecule has 19 heavy (non-hydrogen) atoms. The van der Waals surface area contributed by atoms with E-state index in [1.54, 1.807) is 19.4 Å². The van der Waals surface area contributed by atoms with E-state index in [9.17, 15) is 9.59 Å². The molecule has 5 heteroatoms. The van der Waals surface area contributed by atoms with Gasteiger partial charge in [0.25, 0.3) is 0 Å². The zero-order valence-corrected chi connectivity index (χ0v) is 11.3. The van der Waals surface area contributed by atoms with Crippen molar-refractivity contribution in [2.75, 3.05) is 7.11 Å². The van der Waals surface area contributed by atoms with Crippen LogP contribution in [0.25, 0.3) is 0 Å². The molecule has 0 aliphatic carbocycles. The lowest BCUT2D eigenvalue weighted by Gasteiger charge is -2.32. The van der Waals surface area contributed by atoms with Crippen molar-refractivity contribution in [1.82, 2.24) is 10.3 Å². The minimum atomic E-state index is -0.220. The van der Waals surface area contributed by atoms with Crippen LogP contribution in [-0.4, -0.2) is 23.9 Å². The third-order valence-corrected chi connectivity index (χ3v) is 3.52. The van der Waals surface area contributed by atoms with Gasteiger partial charge in [0.1, 0.15) is 0 Å². The number of nitrogens with one attached hydrogen (secondary N) is 1. The van der Waals surface area contributed by atoms with Gasteiger partial charge in [-0.3, -0.25) is 14.9 Å². The molecule has 2 unspecified atom stereocenters. The Morgan fingerprint density at radius 1 is 1.37 bits per heavy atom. The number of nitrogens with zero attached hydrogens (tertiary/aromatic N) is 1. The second-order valence-corrected chi connectivity index (χ2v) is 5.13. The Bertz CT molecular complexity index is 482. The number of methoxy groups -OCH3 is 1. The highest BCUT2D eigenvalue weighted by atomic mass is 16.5. The number of rotatable bonds is 3. The van der Waals surface area contributed by atoms with Crippen molar-refractivity contribution in [3.05, 3.63) is 23.9 Å². The van der Waals surface area contributed by atoms with Gasteiger partial charge in [0.05, 0.1) is 7.11 Å². The second kappa shape index (κ2) is 5.38. The molecular formula is C14H18N2O3. The standard InChI is InChI=1S/C14H18N2O3/c1-8(2)13-10(6-11(17)16-14(13)18)9-4-5-12(19-3)15-7-9/h4-5,7-8,10,13H,6H2,1-3H3,(H,16,17,18). The quantitative estimate of drug-likeness (QED) is 0.838. The van der Waals surface area contributed by atoms with Crippen LogP contribution in [0.3, 0.4) is 0 Å². The molecule has 0 bridgehead atoms. The van der Waals surface area contributed by atoms with E-state index in [1.807, 2.05) is 19.9 Å². The maximum Gasteiger partial charge on any atom is 0.230 e. The maximum atomic E-state index is 12.0. The largest absolute Gasteiger partial charge is 0.481 e. The van der Waals surface area contributed by atoms with Gasteiger partial charge in [-0.05, 0) is 11.5 Å². The summed E-state index contributed by atoms with van der Waals surface area (Å²) in [6.45, 7) is 3.98. The highest BCUT2D eigenvalue weighted by Crippen LogP contribution is 2.35. The molecule has 1 aromatic heterocycles. The SMILES string of the molecule is COc1ccc(C2CC(=O)NC(=O)C2C(C)C)cn1. The van der Waals surface area contributed by atoms with Crippen LogP contribution in [0.1, 0.15) is 31.7 Å². The molecule has 2 rings (SSSR count). The van der Waals surface area contributed by atoms with Crippen LogP contribution >= 0.6 is 0 Å². The molecule has 1 aliphatic rings. The van der Waals surface area contributed by atoms with Crippen LogP contribution in [0, 0.1) is 11.8 Å². The number of imide groups is 1. The van der Waals surface area contributed by atoms with E-state index >= 15 is 0 Å². The molecular weight excluding hydrogens is 244 g/mol. The molecule has 0 radical (unpaired) electrons. The topological polar surface area (TPSA) is 68.3 Å². The molecule has 2 atom stereocenters. The fraction of sp³-hybridized carbons (Fsp3) is 0.500. The summed E-state index contributed by atoms with van der Waals surface area (Å²) in [4.78, 5) is 27.7. The van der Waals surface area contributed by atoms with E-state index in [0.717, 1.165) is 5.56 Å². The third kappa shape index (κ3) is 2.75. The van der Waals surface area contributed by atoms with E-state index in [4.69, 9.17) is 4.74 Å². The summed E-state index contributed by atoms with van der Waals surface area (Å²) >= 11 is 0. The van der Waals surface area contributed by atoms with Crippen molar-refractivity contribution in [1.29, 1.82) is 0 Å². The van der Waals surface area contributed by atoms with Gasteiger partial charge in [0.2, 0.25) is 17.7 Å².